The Hall–Kier alpha value is -1.80. The molecule has 0 unspecified atom stereocenters. The molecule has 0 spiro atoms. The van der Waals surface area contributed by atoms with Crippen molar-refractivity contribution < 1.29 is 13.2 Å². The highest BCUT2D eigenvalue weighted by molar-refractivity contribution is 7.89. The Labute approximate surface area is 124 Å². The highest BCUT2D eigenvalue weighted by Gasteiger charge is 2.21. The van der Waals surface area contributed by atoms with Gasteiger partial charge in [0, 0.05) is 33.1 Å². The maximum absolute atomic E-state index is 11.5. The van der Waals surface area contributed by atoms with Gasteiger partial charge >= 0.3 is 0 Å². The van der Waals surface area contributed by atoms with Crippen molar-refractivity contribution in [3.05, 3.63) is 18.2 Å². The Balaban J connectivity index is 2.29. The lowest BCUT2D eigenvalue weighted by Crippen LogP contribution is -2.34. The first-order valence-electron chi connectivity index (χ1n) is 6.72. The molecular weight excluding hydrogens is 292 g/mol. The first-order chi connectivity index (χ1) is 9.80. The molecule has 21 heavy (non-hydrogen) atoms. The van der Waals surface area contributed by atoms with E-state index >= 15 is 0 Å². The molecule has 0 radical (unpaired) electrons. The first kappa shape index (κ1) is 15.6. The van der Waals surface area contributed by atoms with Gasteiger partial charge in [0.2, 0.25) is 15.9 Å². The molecule has 116 valence electrons. The van der Waals surface area contributed by atoms with Crippen molar-refractivity contribution in [2.75, 3.05) is 36.8 Å². The highest BCUT2D eigenvalue weighted by atomic mass is 32.2. The average molecular weight is 312 g/mol. The molecule has 0 aromatic heterocycles. The fourth-order valence-corrected chi connectivity index (χ4v) is 3.21. The van der Waals surface area contributed by atoms with Crippen LogP contribution in [-0.4, -0.2) is 45.4 Å². The third kappa shape index (κ3) is 3.45. The first-order valence-corrected chi connectivity index (χ1v) is 8.27. The fraction of sp³-hybridized carbons (Fsp3) is 0.462. The van der Waals surface area contributed by atoms with Gasteiger partial charge in [-0.3, -0.25) is 4.79 Å². The predicted octanol–water partition coefficient (Wildman–Crippen LogP) is -0.0252. The molecule has 8 heteroatoms. The number of nitrogens with two attached hydrogens (primary N) is 2. The summed E-state index contributed by atoms with van der Waals surface area (Å²) in [7, 11) is -3.84. The van der Waals surface area contributed by atoms with Crippen LogP contribution in [0, 0.1) is 0 Å². The van der Waals surface area contributed by atoms with Crippen LogP contribution in [0.4, 0.5) is 11.4 Å². The standard InChI is InChI=1S/C13H20N4O3S/c1-10(18)16-6-3-7-17(9-8-16)11-4-2-5-12(13(11)14)21(15,19)20/h2,4-5H,3,6-9,14H2,1H3,(H2,15,19,20). The van der Waals surface area contributed by atoms with Crippen molar-refractivity contribution in [3.63, 3.8) is 0 Å². The summed E-state index contributed by atoms with van der Waals surface area (Å²) in [6.45, 7) is 4.15. The van der Waals surface area contributed by atoms with E-state index in [1.165, 1.54) is 6.07 Å². The number of carbonyl (C=O) groups excluding carboxylic acids is 1. The molecule has 0 atom stereocenters. The number of nitrogen functional groups attached to an aromatic ring is 1. The Morgan fingerprint density at radius 2 is 1.90 bits per heavy atom. The number of amides is 1. The maximum atomic E-state index is 11.5. The Morgan fingerprint density at radius 3 is 2.52 bits per heavy atom. The minimum absolute atomic E-state index is 0.0445. The Morgan fingerprint density at radius 1 is 1.19 bits per heavy atom. The van der Waals surface area contributed by atoms with E-state index in [1.54, 1.807) is 24.0 Å². The number of hydrogen-bond donors (Lipinski definition) is 2. The van der Waals surface area contributed by atoms with Gasteiger partial charge in [-0.25, -0.2) is 13.6 Å². The lowest BCUT2D eigenvalue weighted by atomic mass is 10.2. The van der Waals surface area contributed by atoms with Gasteiger partial charge < -0.3 is 15.5 Å². The quantitative estimate of drug-likeness (QED) is 0.746. The summed E-state index contributed by atoms with van der Waals surface area (Å²) < 4.78 is 23.0. The molecular formula is C13H20N4O3S. The van der Waals surface area contributed by atoms with Gasteiger partial charge in [-0.1, -0.05) is 6.07 Å². The molecule has 0 aliphatic carbocycles. The topological polar surface area (TPSA) is 110 Å². The van der Waals surface area contributed by atoms with Crippen LogP contribution >= 0.6 is 0 Å². The van der Waals surface area contributed by atoms with E-state index < -0.39 is 10.0 Å². The van der Waals surface area contributed by atoms with E-state index in [-0.39, 0.29) is 16.5 Å². The fourth-order valence-electron chi connectivity index (χ4n) is 2.53. The second kappa shape index (κ2) is 5.90. The number of primary sulfonamides is 1. The number of benzene rings is 1. The zero-order valence-corrected chi connectivity index (χ0v) is 12.8. The lowest BCUT2D eigenvalue weighted by molar-refractivity contribution is -0.128. The van der Waals surface area contributed by atoms with Crippen molar-refractivity contribution in [3.8, 4) is 0 Å². The van der Waals surface area contributed by atoms with Gasteiger partial charge in [-0.05, 0) is 18.6 Å². The normalized spacial score (nSPS) is 16.7. The summed E-state index contributed by atoms with van der Waals surface area (Å²) in [5.74, 6) is 0.0445. The molecule has 0 saturated carbocycles. The second-order valence-corrected chi connectivity index (χ2v) is 6.61. The number of carbonyl (C=O) groups is 1. The van der Waals surface area contributed by atoms with Crippen molar-refractivity contribution in [1.82, 2.24) is 4.90 Å². The molecule has 1 aromatic rings. The molecule has 7 nitrogen and oxygen atoms in total. The number of para-hydroxylation sites is 1. The van der Waals surface area contributed by atoms with E-state index in [1.807, 2.05) is 4.90 Å². The van der Waals surface area contributed by atoms with Crippen LogP contribution in [0.15, 0.2) is 23.1 Å². The van der Waals surface area contributed by atoms with Crippen molar-refractivity contribution in [2.45, 2.75) is 18.2 Å². The molecule has 1 heterocycles. The number of sulfonamides is 1. The average Bonchev–Trinajstić information content (AvgIpc) is 2.63. The summed E-state index contributed by atoms with van der Waals surface area (Å²) in [6, 6.07) is 4.79. The summed E-state index contributed by atoms with van der Waals surface area (Å²) >= 11 is 0. The third-order valence-electron chi connectivity index (χ3n) is 3.63. The summed E-state index contributed by atoms with van der Waals surface area (Å²) in [6.07, 6.45) is 0.804. The number of rotatable bonds is 2. The Kier molecular flexibility index (Phi) is 4.38. The zero-order valence-electron chi connectivity index (χ0n) is 11.9. The van der Waals surface area contributed by atoms with Gasteiger partial charge in [-0.2, -0.15) is 0 Å². The molecule has 0 bridgehead atoms. The Bertz CT molecular complexity index is 645. The zero-order chi connectivity index (χ0) is 15.6. The molecule has 1 aliphatic heterocycles. The summed E-state index contributed by atoms with van der Waals surface area (Å²) in [4.78, 5) is 15.1. The van der Waals surface area contributed by atoms with Crippen molar-refractivity contribution in [1.29, 1.82) is 0 Å². The third-order valence-corrected chi connectivity index (χ3v) is 4.60. The van der Waals surface area contributed by atoms with Crippen molar-refractivity contribution in [2.24, 2.45) is 5.14 Å². The maximum Gasteiger partial charge on any atom is 0.240 e. The number of hydrogen-bond acceptors (Lipinski definition) is 5. The molecule has 1 saturated heterocycles. The van der Waals surface area contributed by atoms with E-state index in [9.17, 15) is 13.2 Å². The van der Waals surface area contributed by atoms with E-state index in [0.29, 0.717) is 31.9 Å². The summed E-state index contributed by atoms with van der Waals surface area (Å²) in [5.41, 5.74) is 6.77. The molecule has 1 aliphatic rings. The minimum Gasteiger partial charge on any atom is -0.396 e. The molecule has 2 rings (SSSR count). The van der Waals surface area contributed by atoms with Gasteiger partial charge in [0.1, 0.15) is 4.90 Å². The van der Waals surface area contributed by atoms with Gasteiger partial charge in [0.05, 0.1) is 11.4 Å². The second-order valence-electron chi connectivity index (χ2n) is 5.08. The smallest absolute Gasteiger partial charge is 0.240 e. The molecule has 1 amide bonds. The molecule has 4 N–H and O–H groups in total. The van der Waals surface area contributed by atoms with Crippen LogP contribution in [0.1, 0.15) is 13.3 Å². The van der Waals surface area contributed by atoms with Gasteiger partial charge in [0.25, 0.3) is 0 Å². The largest absolute Gasteiger partial charge is 0.396 e. The van der Waals surface area contributed by atoms with E-state index in [4.69, 9.17) is 10.9 Å². The van der Waals surface area contributed by atoms with Crippen LogP contribution in [0.5, 0.6) is 0 Å². The minimum atomic E-state index is -3.84. The van der Waals surface area contributed by atoms with Crippen LogP contribution in [0.25, 0.3) is 0 Å². The van der Waals surface area contributed by atoms with Gasteiger partial charge in [-0.15, -0.1) is 0 Å². The van der Waals surface area contributed by atoms with Crippen LogP contribution in [0.3, 0.4) is 0 Å². The summed E-state index contributed by atoms with van der Waals surface area (Å²) in [5, 5.41) is 5.17. The number of anilines is 2. The van der Waals surface area contributed by atoms with Crippen molar-refractivity contribution >= 4 is 27.3 Å². The van der Waals surface area contributed by atoms with E-state index in [2.05, 4.69) is 0 Å². The SMILES string of the molecule is CC(=O)N1CCCN(c2cccc(S(N)(=O)=O)c2N)CC1. The predicted molar refractivity (Wildman–Crippen MR) is 81.3 cm³/mol. The van der Waals surface area contributed by atoms with Gasteiger partial charge in [0.15, 0.2) is 0 Å². The molecule has 1 aromatic carbocycles. The van der Waals surface area contributed by atoms with Crippen LogP contribution in [-0.2, 0) is 14.8 Å². The lowest BCUT2D eigenvalue weighted by Gasteiger charge is -2.25. The monoisotopic (exact) mass is 312 g/mol. The van der Waals surface area contributed by atoms with Crippen LogP contribution < -0.4 is 15.8 Å². The van der Waals surface area contributed by atoms with E-state index in [0.717, 1.165) is 6.42 Å². The highest BCUT2D eigenvalue weighted by Crippen LogP contribution is 2.29. The number of nitrogens with zero attached hydrogens (tertiary/aromatic N) is 2. The van der Waals surface area contributed by atoms with Crippen LogP contribution in [0.2, 0.25) is 0 Å². The molecule has 1 fully saturated rings.